The van der Waals surface area contributed by atoms with E-state index in [1.54, 1.807) is 0 Å². The quantitative estimate of drug-likeness (QED) is 0.761. The number of rotatable bonds is 5. The number of hydrogen-bond donors (Lipinski definition) is 0. The fraction of sp³-hybridized carbons (Fsp3) is 0.636. The van der Waals surface area contributed by atoms with Gasteiger partial charge in [-0.25, -0.2) is 9.97 Å². The summed E-state index contributed by atoms with van der Waals surface area (Å²) in [6.07, 6.45) is 3.21. The predicted molar refractivity (Wildman–Crippen MR) is 72.6 cm³/mol. The second kappa shape index (κ2) is 6.30. The van der Waals surface area contributed by atoms with Crippen molar-refractivity contribution in [2.24, 2.45) is 0 Å². The number of aryl methyl sites for hydroxylation is 1. The molecule has 16 heavy (non-hydrogen) atoms. The Balaban J connectivity index is 2.89. The Hall–Kier alpha value is -0.480. The summed E-state index contributed by atoms with van der Waals surface area (Å²) in [7, 11) is 2.06. The van der Waals surface area contributed by atoms with Gasteiger partial charge in [-0.1, -0.05) is 18.5 Å². The Bertz CT molecular complexity index is 326. The molecule has 1 heterocycles. The summed E-state index contributed by atoms with van der Waals surface area (Å²) in [4.78, 5) is 10.7. The number of hydrogen-bond acceptors (Lipinski definition) is 4. The fourth-order valence-electron chi connectivity index (χ4n) is 1.58. The van der Waals surface area contributed by atoms with Crippen molar-refractivity contribution in [2.75, 3.05) is 24.0 Å². The van der Waals surface area contributed by atoms with Gasteiger partial charge in [-0.2, -0.15) is 11.8 Å². The van der Waals surface area contributed by atoms with Crippen LogP contribution in [0, 0.1) is 6.92 Å². The van der Waals surface area contributed by atoms with Crippen molar-refractivity contribution in [2.45, 2.75) is 26.3 Å². The summed E-state index contributed by atoms with van der Waals surface area (Å²) in [6, 6.07) is 2.30. The van der Waals surface area contributed by atoms with Crippen LogP contribution >= 0.6 is 23.4 Å². The molecule has 0 saturated carbocycles. The van der Waals surface area contributed by atoms with Gasteiger partial charge in [-0.05, 0) is 19.6 Å². The largest absolute Gasteiger partial charge is 0.356 e. The molecule has 0 saturated heterocycles. The lowest BCUT2D eigenvalue weighted by molar-refractivity contribution is 0.664. The van der Waals surface area contributed by atoms with Gasteiger partial charge in [0, 0.05) is 24.9 Å². The van der Waals surface area contributed by atoms with Crippen LogP contribution in [0.25, 0.3) is 0 Å². The molecule has 0 aliphatic rings. The van der Waals surface area contributed by atoms with Crippen molar-refractivity contribution in [3.63, 3.8) is 0 Å². The SMILES string of the molecule is CCC(CSC)N(C)c1cc(Cl)nc(C)n1. The molecule has 1 rings (SSSR count). The summed E-state index contributed by atoms with van der Waals surface area (Å²) in [5.74, 6) is 2.71. The zero-order chi connectivity index (χ0) is 12.1. The summed E-state index contributed by atoms with van der Waals surface area (Å²) in [6.45, 7) is 4.05. The average Bonchev–Trinajstić information content (AvgIpc) is 2.23. The molecule has 1 unspecified atom stereocenters. The van der Waals surface area contributed by atoms with Crippen LogP contribution in [0.3, 0.4) is 0 Å². The standard InChI is InChI=1S/C11H18ClN3S/c1-5-9(7-16-4)15(3)11-6-10(12)13-8(2)14-11/h6,9H,5,7H2,1-4H3. The van der Waals surface area contributed by atoms with Crippen molar-refractivity contribution >= 4 is 29.2 Å². The molecule has 5 heteroatoms. The van der Waals surface area contributed by atoms with E-state index in [9.17, 15) is 0 Å². The molecule has 0 bridgehead atoms. The molecule has 0 spiro atoms. The highest BCUT2D eigenvalue weighted by molar-refractivity contribution is 7.98. The van der Waals surface area contributed by atoms with Gasteiger partial charge in [-0.3, -0.25) is 0 Å². The van der Waals surface area contributed by atoms with Crippen LogP contribution in [0.2, 0.25) is 5.15 Å². The van der Waals surface area contributed by atoms with Gasteiger partial charge >= 0.3 is 0 Å². The van der Waals surface area contributed by atoms with Crippen LogP contribution in [-0.4, -0.2) is 35.1 Å². The molecule has 1 aromatic rings. The minimum atomic E-state index is 0.486. The molecule has 1 atom stereocenters. The fourth-order valence-corrected chi connectivity index (χ4v) is 2.64. The Kier molecular flexibility index (Phi) is 5.35. The van der Waals surface area contributed by atoms with Gasteiger partial charge in [0.2, 0.25) is 0 Å². The normalized spacial score (nSPS) is 12.6. The third-order valence-corrected chi connectivity index (χ3v) is 3.44. The Morgan fingerprint density at radius 3 is 2.69 bits per heavy atom. The maximum Gasteiger partial charge on any atom is 0.134 e. The highest BCUT2D eigenvalue weighted by Gasteiger charge is 2.14. The molecule has 0 radical (unpaired) electrons. The van der Waals surface area contributed by atoms with Crippen LogP contribution in [0.5, 0.6) is 0 Å². The predicted octanol–water partition coefficient (Wildman–Crippen LogP) is 3.02. The minimum absolute atomic E-state index is 0.486. The lowest BCUT2D eigenvalue weighted by Gasteiger charge is -2.27. The Labute approximate surface area is 107 Å². The van der Waals surface area contributed by atoms with E-state index in [4.69, 9.17) is 11.6 Å². The highest BCUT2D eigenvalue weighted by atomic mass is 35.5. The first-order valence-electron chi connectivity index (χ1n) is 5.31. The van der Waals surface area contributed by atoms with Gasteiger partial charge in [-0.15, -0.1) is 0 Å². The Morgan fingerprint density at radius 2 is 2.19 bits per heavy atom. The maximum absolute atomic E-state index is 5.94. The molecule has 90 valence electrons. The van der Waals surface area contributed by atoms with E-state index in [1.165, 1.54) is 0 Å². The summed E-state index contributed by atoms with van der Waals surface area (Å²) < 4.78 is 0. The second-order valence-electron chi connectivity index (χ2n) is 3.72. The molecule has 3 nitrogen and oxygen atoms in total. The van der Waals surface area contributed by atoms with E-state index >= 15 is 0 Å². The summed E-state index contributed by atoms with van der Waals surface area (Å²) in [5.41, 5.74) is 0. The zero-order valence-corrected chi connectivity index (χ0v) is 11.8. The average molecular weight is 260 g/mol. The third-order valence-electron chi connectivity index (χ3n) is 2.53. The summed E-state index contributed by atoms with van der Waals surface area (Å²) >= 11 is 7.78. The number of aromatic nitrogens is 2. The first kappa shape index (κ1) is 13.6. The zero-order valence-electron chi connectivity index (χ0n) is 10.2. The molecule has 0 N–H and O–H groups in total. The molecular weight excluding hydrogens is 242 g/mol. The van der Waals surface area contributed by atoms with Crippen LogP contribution in [0.4, 0.5) is 5.82 Å². The van der Waals surface area contributed by atoms with Gasteiger partial charge in [0.05, 0.1) is 0 Å². The smallest absolute Gasteiger partial charge is 0.134 e. The van der Waals surface area contributed by atoms with Crippen molar-refractivity contribution < 1.29 is 0 Å². The summed E-state index contributed by atoms with van der Waals surface area (Å²) in [5, 5.41) is 0.508. The van der Waals surface area contributed by atoms with Crippen molar-refractivity contribution in [1.82, 2.24) is 9.97 Å². The van der Waals surface area contributed by atoms with E-state index in [0.29, 0.717) is 17.0 Å². The number of anilines is 1. The van der Waals surface area contributed by atoms with Crippen molar-refractivity contribution in [3.8, 4) is 0 Å². The lowest BCUT2D eigenvalue weighted by Crippen LogP contribution is -2.33. The number of halogens is 1. The molecule has 0 aromatic carbocycles. The monoisotopic (exact) mass is 259 g/mol. The highest BCUT2D eigenvalue weighted by Crippen LogP contribution is 2.19. The molecule has 0 aliphatic carbocycles. The van der Waals surface area contributed by atoms with Crippen LogP contribution < -0.4 is 4.90 Å². The maximum atomic E-state index is 5.94. The van der Waals surface area contributed by atoms with Gasteiger partial charge in [0.15, 0.2) is 0 Å². The number of nitrogens with zero attached hydrogens (tertiary/aromatic N) is 3. The van der Waals surface area contributed by atoms with Crippen molar-refractivity contribution in [1.29, 1.82) is 0 Å². The molecule has 1 aromatic heterocycles. The van der Waals surface area contributed by atoms with Gasteiger partial charge in [0.1, 0.15) is 16.8 Å². The van der Waals surface area contributed by atoms with Crippen LogP contribution in [0.15, 0.2) is 6.07 Å². The molecule has 0 aliphatic heterocycles. The lowest BCUT2D eigenvalue weighted by atomic mass is 10.2. The third kappa shape index (κ3) is 3.52. The van der Waals surface area contributed by atoms with E-state index in [-0.39, 0.29) is 0 Å². The Morgan fingerprint density at radius 1 is 1.50 bits per heavy atom. The van der Waals surface area contributed by atoms with E-state index in [1.807, 2.05) is 24.8 Å². The molecule has 0 amide bonds. The molecular formula is C11H18ClN3S. The van der Waals surface area contributed by atoms with Crippen LogP contribution in [-0.2, 0) is 0 Å². The number of thioether (sulfide) groups is 1. The van der Waals surface area contributed by atoms with Gasteiger partial charge < -0.3 is 4.90 Å². The topological polar surface area (TPSA) is 29.0 Å². The van der Waals surface area contributed by atoms with E-state index in [2.05, 4.69) is 35.1 Å². The van der Waals surface area contributed by atoms with Crippen LogP contribution in [0.1, 0.15) is 19.2 Å². The first-order valence-corrected chi connectivity index (χ1v) is 7.08. The van der Waals surface area contributed by atoms with E-state index < -0.39 is 0 Å². The molecule has 0 fully saturated rings. The minimum Gasteiger partial charge on any atom is -0.356 e. The van der Waals surface area contributed by atoms with Crippen molar-refractivity contribution in [3.05, 3.63) is 17.0 Å². The van der Waals surface area contributed by atoms with E-state index in [0.717, 1.165) is 18.0 Å². The van der Waals surface area contributed by atoms with Gasteiger partial charge in [0.25, 0.3) is 0 Å². The first-order chi connectivity index (χ1) is 7.58. The second-order valence-corrected chi connectivity index (χ2v) is 5.02.